The molecule has 1 spiro atoms. The predicted molar refractivity (Wildman–Crippen MR) is 264 cm³/mol. The van der Waals surface area contributed by atoms with Crippen LogP contribution in [0.15, 0.2) is 83.2 Å². The van der Waals surface area contributed by atoms with Crippen molar-refractivity contribution in [2.24, 2.45) is 17.1 Å². The van der Waals surface area contributed by atoms with Gasteiger partial charge in [-0.05, 0) is 112 Å². The minimum atomic E-state index is -4.76. The third kappa shape index (κ3) is 7.47. The molecule has 2 aromatic heterocycles. The topological polar surface area (TPSA) is 208 Å². The smallest absolute Gasteiger partial charge is 0.297 e. The molecule has 18 heteroatoms. The summed E-state index contributed by atoms with van der Waals surface area (Å²) in [6.07, 6.45) is 8.76. The Bertz CT molecular complexity index is 3050. The maximum absolute atomic E-state index is 16.1. The molecule has 5 fully saturated rings. The van der Waals surface area contributed by atoms with E-state index in [9.17, 15) is 14.9 Å². The van der Waals surface area contributed by atoms with E-state index in [2.05, 4.69) is 57.9 Å². The average Bonchev–Trinajstić information content (AvgIpc) is 4.15. The van der Waals surface area contributed by atoms with Crippen LogP contribution >= 0.6 is 0 Å². The van der Waals surface area contributed by atoms with Crippen LogP contribution in [-0.4, -0.2) is 111 Å². The summed E-state index contributed by atoms with van der Waals surface area (Å²) < 4.78 is 56.4. The summed E-state index contributed by atoms with van der Waals surface area (Å²) in [6, 6.07) is 18.1. The van der Waals surface area contributed by atoms with Crippen molar-refractivity contribution < 1.29 is 37.1 Å². The Labute approximate surface area is 406 Å². The van der Waals surface area contributed by atoms with Gasteiger partial charge in [0.1, 0.15) is 28.9 Å². The number of H-pyrrole nitrogens is 1. The van der Waals surface area contributed by atoms with Crippen molar-refractivity contribution in [1.82, 2.24) is 14.9 Å². The number of amides is 1. The van der Waals surface area contributed by atoms with E-state index in [1.807, 2.05) is 12.1 Å². The fourth-order valence-corrected chi connectivity index (χ4v) is 14.5. The van der Waals surface area contributed by atoms with E-state index in [0.717, 1.165) is 74.9 Å². The number of anilines is 4. The van der Waals surface area contributed by atoms with Crippen LogP contribution in [0.2, 0.25) is 0 Å². The normalized spacial score (nSPS) is 24.5. The molecular weight excluding hydrogens is 913 g/mol. The number of ether oxygens (including phenoxy) is 4. The van der Waals surface area contributed by atoms with Gasteiger partial charge in [0.15, 0.2) is 11.4 Å². The van der Waals surface area contributed by atoms with Crippen LogP contribution in [0.25, 0.3) is 16.6 Å². The average molecular weight is 971 g/mol. The number of nitro groups is 1. The van der Waals surface area contributed by atoms with Gasteiger partial charge in [-0.2, -0.15) is 4.98 Å². The fourth-order valence-electron chi connectivity index (χ4n) is 12.8. The molecule has 8 heterocycles. The summed E-state index contributed by atoms with van der Waals surface area (Å²) in [5, 5.41) is 17.1. The highest BCUT2D eigenvalue weighted by molar-refractivity contribution is 7.91. The summed E-state index contributed by atoms with van der Waals surface area (Å²) in [5.74, 6) is -0.390. The van der Waals surface area contributed by atoms with Gasteiger partial charge in [-0.3, -0.25) is 19.8 Å². The number of primary amides is 1. The van der Waals surface area contributed by atoms with Gasteiger partial charge < -0.3 is 44.8 Å². The molecule has 1 saturated carbocycles. The Balaban J connectivity index is 0.944. The van der Waals surface area contributed by atoms with Gasteiger partial charge in [0.2, 0.25) is 15.7 Å². The Hall–Kier alpha value is -6.21. The second-order valence-corrected chi connectivity index (χ2v) is 22.3. The maximum Gasteiger partial charge on any atom is 0.297 e. The number of nitro benzene ring substituents is 1. The molecule has 1 aliphatic carbocycles. The molecule has 4 N–H and O–H groups in total. The number of carbonyl (C=O) groups is 1. The van der Waals surface area contributed by atoms with Gasteiger partial charge in [0, 0.05) is 62.1 Å². The Morgan fingerprint density at radius 2 is 1.76 bits per heavy atom. The number of likely N-dealkylation sites (tertiary alicyclic amines) is 1. The Morgan fingerprint density at radius 1 is 0.957 bits per heavy atom. The van der Waals surface area contributed by atoms with Crippen LogP contribution in [0, 0.1) is 21.4 Å². The third-order valence-electron chi connectivity index (χ3n) is 16.4. The number of benzene rings is 3. The number of rotatable bonds is 10. The number of hydrogen-bond donors (Lipinski definition) is 3. The highest BCUT2D eigenvalue weighted by Crippen LogP contribution is 2.56. The summed E-state index contributed by atoms with van der Waals surface area (Å²) in [4.78, 5) is 40.3. The quantitative estimate of drug-likeness (QED) is 0.0898. The summed E-state index contributed by atoms with van der Waals surface area (Å²) in [6.45, 7) is 10.2. The van der Waals surface area contributed by atoms with E-state index in [-0.39, 0.29) is 75.6 Å². The lowest BCUT2D eigenvalue weighted by Crippen LogP contribution is -2.55. The zero-order valence-corrected chi connectivity index (χ0v) is 40.0. The maximum atomic E-state index is 16.1. The van der Waals surface area contributed by atoms with Crippen molar-refractivity contribution in [3.8, 4) is 11.6 Å². The van der Waals surface area contributed by atoms with E-state index in [4.69, 9.17) is 29.7 Å². The highest BCUT2D eigenvalue weighted by Gasteiger charge is 2.51. The number of nitrogens with two attached hydrogens (primary N) is 1. The van der Waals surface area contributed by atoms with E-state index in [0.29, 0.717) is 55.4 Å². The Morgan fingerprint density at radius 3 is 2.53 bits per heavy atom. The molecule has 4 atom stereocenters. The van der Waals surface area contributed by atoms with Gasteiger partial charge in [0.05, 0.1) is 52.1 Å². The molecule has 366 valence electrons. The fraction of sp³-hybridized carbons (Fsp3) is 0.462. The van der Waals surface area contributed by atoms with Crippen LogP contribution < -0.4 is 30.3 Å². The number of sulfone groups is 1. The molecule has 17 nitrogen and oxygen atoms in total. The first kappa shape index (κ1) is 45.0. The van der Waals surface area contributed by atoms with Gasteiger partial charge >= 0.3 is 0 Å². The van der Waals surface area contributed by atoms with E-state index >= 15 is 8.42 Å². The molecule has 0 radical (unpaired) electrons. The minimum absolute atomic E-state index is 0.0385. The van der Waals surface area contributed by atoms with Crippen molar-refractivity contribution in [1.29, 1.82) is 0 Å². The van der Waals surface area contributed by atoms with Crippen LogP contribution in [0.1, 0.15) is 85.8 Å². The first-order chi connectivity index (χ1) is 33.9. The monoisotopic (exact) mass is 970 g/mol. The van der Waals surface area contributed by atoms with Crippen LogP contribution in [0.5, 0.6) is 11.6 Å². The lowest BCUT2D eigenvalue weighted by molar-refractivity contribution is -0.384. The molecule has 70 heavy (non-hydrogen) atoms. The van der Waals surface area contributed by atoms with Crippen molar-refractivity contribution in [3.63, 3.8) is 0 Å². The zero-order chi connectivity index (χ0) is 48.1. The number of aromatic amines is 1. The van der Waals surface area contributed by atoms with Crippen LogP contribution in [0.4, 0.5) is 28.4 Å². The number of hydrogen-bond acceptors (Lipinski definition) is 14. The van der Waals surface area contributed by atoms with Gasteiger partial charge in [0.25, 0.3) is 11.6 Å². The number of pyridine rings is 1. The molecule has 3 aromatic carbocycles. The van der Waals surface area contributed by atoms with E-state index < -0.39 is 38.5 Å². The highest BCUT2D eigenvalue weighted by atomic mass is 32.2. The molecule has 1 amide bonds. The number of allylic oxidation sites excluding steroid dienone is 1. The predicted octanol–water partition coefficient (Wildman–Crippen LogP) is 7.92. The minimum Gasteiger partial charge on any atom is -0.489 e. The number of carbonyl (C=O) groups excluding carboxylic acids is 1. The first-order valence-corrected chi connectivity index (χ1v) is 26.1. The molecule has 0 bridgehead atoms. The summed E-state index contributed by atoms with van der Waals surface area (Å²) >= 11 is 0. The largest absolute Gasteiger partial charge is 0.489 e. The van der Waals surface area contributed by atoms with Crippen LogP contribution in [0.3, 0.4) is 0 Å². The van der Waals surface area contributed by atoms with E-state index in [1.54, 1.807) is 23.2 Å². The van der Waals surface area contributed by atoms with Crippen molar-refractivity contribution in [2.45, 2.75) is 98.4 Å². The number of aromatic nitrogens is 2. The van der Waals surface area contributed by atoms with Gasteiger partial charge in [-0.15, -0.1) is 0 Å². The number of piperidine rings is 1. The standard InChI is InChI=1S/C52H58N8O9S/c1-30(2)35-6-3-4-7-36(35)39-8-5-17-58(39)33-25-52(26-33)14-18-57(19-15-52)40-10-9-37(49(53)61)47(59-42-22-32-11-16-54-50(32)56-51(42)69-45-29-67-28-43(45)59)48(40)70(64,65)34-23-41(60(62)63)46-44(24-34)68-27-38(55-46)31-12-20-66-21-13-31/h3-4,6-7,9-11,16,22-24,31,33,38-39,43,45,55H,1,5,8,12-15,17-21,25-29H2,2H3,(H2,53,61)(H,54,56)/t38-,39-,43+,45-/m0/s1. The molecular formula is C52H58N8O9S. The third-order valence-corrected chi connectivity index (χ3v) is 18.2. The number of nitrogens with zero attached hydrogens (tertiary/aromatic N) is 5. The van der Waals surface area contributed by atoms with Crippen molar-refractivity contribution in [3.05, 3.63) is 100 Å². The second kappa shape index (κ2) is 17.3. The number of nitrogens with one attached hydrogen (secondary N) is 2. The van der Waals surface area contributed by atoms with Crippen LogP contribution in [-0.2, 0) is 19.3 Å². The summed E-state index contributed by atoms with van der Waals surface area (Å²) in [5.41, 5.74) is 11.1. The SMILES string of the molecule is C=C(C)c1ccccc1[C@@H]1CCCN1C1CC2(CCN(c3ccc(C(N)=O)c(N4c5cc6cc[nH]c6nc5O[C@H]5COC[C@H]54)c3S(=O)(=O)c3cc4c(c([N+](=O)[O-])c3)N[C@H](C3CCOCC3)CO4)CC2)C1. The van der Waals surface area contributed by atoms with Gasteiger partial charge in [-0.1, -0.05) is 36.4 Å². The first-order valence-electron chi connectivity index (χ1n) is 24.7. The van der Waals surface area contributed by atoms with Crippen molar-refractivity contribution >= 4 is 60.8 Å². The molecule has 0 unspecified atom stereocenters. The molecule has 5 aromatic rings. The van der Waals surface area contributed by atoms with E-state index in [1.165, 1.54) is 17.2 Å². The summed E-state index contributed by atoms with van der Waals surface area (Å²) in [7, 11) is -4.76. The molecule has 4 saturated heterocycles. The zero-order valence-electron chi connectivity index (χ0n) is 39.2. The molecule has 7 aliphatic rings. The molecule has 6 aliphatic heterocycles. The molecule has 12 rings (SSSR count). The Kier molecular flexibility index (Phi) is 11.1. The number of fused-ring (bicyclic) bond motifs is 4. The lowest BCUT2D eigenvalue weighted by Gasteiger charge is -2.56. The van der Waals surface area contributed by atoms with Gasteiger partial charge in [-0.25, -0.2) is 8.42 Å². The van der Waals surface area contributed by atoms with Crippen molar-refractivity contribution in [2.75, 3.05) is 67.8 Å². The lowest BCUT2D eigenvalue weighted by atomic mass is 9.59. The second-order valence-electron chi connectivity index (χ2n) is 20.4.